The number of fused-ring (bicyclic) bond motifs is 1. The Bertz CT molecular complexity index is 800. The van der Waals surface area contributed by atoms with Crippen molar-refractivity contribution in [1.82, 2.24) is 15.6 Å². The predicted octanol–water partition coefficient (Wildman–Crippen LogP) is 2.86. The fourth-order valence-corrected chi connectivity index (χ4v) is 3.69. The van der Waals surface area contributed by atoms with Crippen molar-refractivity contribution in [3.05, 3.63) is 53.0 Å². The molecule has 1 aliphatic carbocycles. The van der Waals surface area contributed by atoms with E-state index < -0.39 is 5.82 Å². The zero-order valence-corrected chi connectivity index (χ0v) is 14.1. The molecule has 25 heavy (non-hydrogen) atoms. The molecule has 1 amide bonds. The van der Waals surface area contributed by atoms with Crippen LogP contribution in [0.1, 0.15) is 40.9 Å². The summed E-state index contributed by atoms with van der Waals surface area (Å²) in [5, 5.41) is 6.26. The number of aryl methyl sites for hydroxylation is 2. The van der Waals surface area contributed by atoms with Gasteiger partial charge in [0.05, 0.1) is 5.69 Å². The largest absolute Gasteiger partial charge is 0.348 e. The van der Waals surface area contributed by atoms with Crippen molar-refractivity contribution in [3.8, 4) is 11.3 Å². The molecule has 1 saturated heterocycles. The Morgan fingerprint density at radius 1 is 1.20 bits per heavy atom. The smallest absolute Gasteiger partial charge is 0.251 e. The van der Waals surface area contributed by atoms with Crippen molar-refractivity contribution in [2.75, 3.05) is 13.1 Å². The van der Waals surface area contributed by atoms with Gasteiger partial charge in [0.25, 0.3) is 5.91 Å². The van der Waals surface area contributed by atoms with Crippen LogP contribution in [0.3, 0.4) is 0 Å². The second-order valence-corrected chi connectivity index (χ2v) is 6.90. The number of amides is 1. The zero-order valence-electron chi connectivity index (χ0n) is 14.1. The van der Waals surface area contributed by atoms with E-state index in [1.165, 1.54) is 17.7 Å². The number of benzene rings is 1. The molecule has 2 N–H and O–H groups in total. The molecule has 1 aliphatic heterocycles. The van der Waals surface area contributed by atoms with E-state index >= 15 is 0 Å². The molecule has 0 bridgehead atoms. The lowest BCUT2D eigenvalue weighted by molar-refractivity contribution is 0.0930. The summed E-state index contributed by atoms with van der Waals surface area (Å²) in [5.74, 6) is -0.637. The monoisotopic (exact) mass is 339 g/mol. The molecule has 4 nitrogen and oxygen atoms in total. The Hall–Kier alpha value is -2.27. The number of nitrogens with zero attached hydrogens (tertiary/aromatic N) is 1. The van der Waals surface area contributed by atoms with Gasteiger partial charge in [-0.25, -0.2) is 4.39 Å². The topological polar surface area (TPSA) is 54.0 Å². The Labute approximate surface area is 146 Å². The predicted molar refractivity (Wildman–Crippen MR) is 95.0 cm³/mol. The molecular formula is C20H22FN3O. The van der Waals surface area contributed by atoms with Gasteiger partial charge in [0.15, 0.2) is 0 Å². The van der Waals surface area contributed by atoms with Gasteiger partial charge >= 0.3 is 0 Å². The fourth-order valence-electron chi connectivity index (χ4n) is 3.69. The van der Waals surface area contributed by atoms with E-state index in [-0.39, 0.29) is 11.9 Å². The number of aromatic nitrogens is 1. The van der Waals surface area contributed by atoms with Crippen LogP contribution in [0.2, 0.25) is 0 Å². The number of nitrogens with one attached hydrogen (secondary N) is 2. The maximum absolute atomic E-state index is 14.1. The van der Waals surface area contributed by atoms with Crippen LogP contribution in [0.5, 0.6) is 0 Å². The van der Waals surface area contributed by atoms with Gasteiger partial charge in [-0.3, -0.25) is 9.78 Å². The van der Waals surface area contributed by atoms with Crippen molar-refractivity contribution in [2.45, 2.75) is 38.1 Å². The highest BCUT2D eigenvalue weighted by Crippen LogP contribution is 2.26. The highest BCUT2D eigenvalue weighted by Gasteiger charge is 2.18. The number of rotatable bonds is 3. The van der Waals surface area contributed by atoms with Crippen LogP contribution in [0, 0.1) is 5.82 Å². The molecule has 1 aromatic heterocycles. The first-order valence-corrected chi connectivity index (χ1v) is 9.00. The fraction of sp³-hybridized carbons (Fsp3) is 0.400. The summed E-state index contributed by atoms with van der Waals surface area (Å²) in [5.41, 5.74) is 4.11. The third kappa shape index (κ3) is 3.56. The molecule has 0 saturated carbocycles. The van der Waals surface area contributed by atoms with E-state index in [0.29, 0.717) is 11.1 Å². The first-order valence-electron chi connectivity index (χ1n) is 9.00. The van der Waals surface area contributed by atoms with Gasteiger partial charge in [0, 0.05) is 29.4 Å². The molecule has 1 fully saturated rings. The molecule has 0 spiro atoms. The number of piperidine rings is 1. The first-order chi connectivity index (χ1) is 12.2. The lowest BCUT2D eigenvalue weighted by Crippen LogP contribution is -2.45. The van der Waals surface area contributed by atoms with Gasteiger partial charge in [-0.05, 0) is 68.5 Å². The second-order valence-electron chi connectivity index (χ2n) is 6.90. The van der Waals surface area contributed by atoms with Crippen molar-refractivity contribution in [1.29, 1.82) is 0 Å². The minimum Gasteiger partial charge on any atom is -0.348 e. The normalized spacial score (nSPS) is 19.5. The summed E-state index contributed by atoms with van der Waals surface area (Å²) in [6, 6.07) is 8.57. The van der Waals surface area contributed by atoms with Crippen molar-refractivity contribution < 1.29 is 9.18 Å². The second kappa shape index (κ2) is 6.92. The van der Waals surface area contributed by atoms with Crippen LogP contribution in [0.4, 0.5) is 4.39 Å². The van der Waals surface area contributed by atoms with E-state index in [0.717, 1.165) is 56.6 Å². The van der Waals surface area contributed by atoms with Gasteiger partial charge < -0.3 is 10.6 Å². The summed E-state index contributed by atoms with van der Waals surface area (Å²) in [6.45, 7) is 1.75. The first kappa shape index (κ1) is 16.2. The van der Waals surface area contributed by atoms with Gasteiger partial charge in [-0.1, -0.05) is 6.07 Å². The number of carbonyl (C=O) groups is 1. The third-order valence-corrected chi connectivity index (χ3v) is 5.02. The molecule has 4 rings (SSSR count). The Kier molecular flexibility index (Phi) is 4.49. The number of hydrogen-bond acceptors (Lipinski definition) is 3. The SMILES string of the molecule is O=C(NC1CCCNC1)c1cc(F)cc(-c2ccc3c(n2)CCC3)c1. The molecule has 1 aromatic carbocycles. The highest BCUT2D eigenvalue weighted by molar-refractivity contribution is 5.95. The molecule has 5 heteroatoms. The van der Waals surface area contributed by atoms with E-state index in [1.807, 2.05) is 6.07 Å². The summed E-state index contributed by atoms with van der Waals surface area (Å²) in [7, 11) is 0. The Balaban J connectivity index is 1.58. The zero-order chi connectivity index (χ0) is 17.2. The average molecular weight is 339 g/mol. The summed E-state index contributed by atoms with van der Waals surface area (Å²) >= 11 is 0. The van der Waals surface area contributed by atoms with Gasteiger partial charge in [-0.2, -0.15) is 0 Å². The van der Waals surface area contributed by atoms with Crippen molar-refractivity contribution >= 4 is 5.91 Å². The van der Waals surface area contributed by atoms with E-state index in [4.69, 9.17) is 0 Å². The van der Waals surface area contributed by atoms with Gasteiger partial charge in [0.2, 0.25) is 0 Å². The molecule has 2 aromatic rings. The number of hydrogen-bond donors (Lipinski definition) is 2. The van der Waals surface area contributed by atoms with E-state index in [9.17, 15) is 9.18 Å². The third-order valence-electron chi connectivity index (χ3n) is 5.02. The van der Waals surface area contributed by atoms with Crippen LogP contribution in [-0.2, 0) is 12.8 Å². The van der Waals surface area contributed by atoms with E-state index in [2.05, 4.69) is 21.7 Å². The standard InChI is InChI=1S/C20H22FN3O/c21-16-10-14(19-7-6-13-3-1-5-18(13)24-19)9-15(11-16)20(25)23-17-4-2-8-22-12-17/h6-7,9-11,17,22H,1-5,8,12H2,(H,23,25). The Morgan fingerprint density at radius 2 is 2.12 bits per heavy atom. The number of halogens is 1. The lowest BCUT2D eigenvalue weighted by Gasteiger charge is -2.23. The minimum atomic E-state index is -0.410. The molecule has 130 valence electrons. The molecule has 1 atom stereocenters. The van der Waals surface area contributed by atoms with Crippen LogP contribution in [0.15, 0.2) is 30.3 Å². The molecular weight excluding hydrogens is 317 g/mol. The number of pyridine rings is 1. The van der Waals surface area contributed by atoms with E-state index in [1.54, 1.807) is 6.07 Å². The lowest BCUT2D eigenvalue weighted by atomic mass is 10.0. The maximum atomic E-state index is 14.1. The van der Waals surface area contributed by atoms with Crippen LogP contribution >= 0.6 is 0 Å². The van der Waals surface area contributed by atoms with Gasteiger partial charge in [0.1, 0.15) is 5.82 Å². The Morgan fingerprint density at radius 3 is 2.96 bits per heavy atom. The van der Waals surface area contributed by atoms with Crippen molar-refractivity contribution in [3.63, 3.8) is 0 Å². The quantitative estimate of drug-likeness (QED) is 0.904. The molecule has 1 unspecified atom stereocenters. The minimum absolute atomic E-state index is 0.103. The number of carbonyl (C=O) groups excluding carboxylic acids is 1. The van der Waals surface area contributed by atoms with Crippen LogP contribution < -0.4 is 10.6 Å². The molecule has 0 radical (unpaired) electrons. The summed E-state index contributed by atoms with van der Waals surface area (Å²) in [6.07, 6.45) is 5.15. The molecule has 2 heterocycles. The maximum Gasteiger partial charge on any atom is 0.251 e. The summed E-state index contributed by atoms with van der Waals surface area (Å²) in [4.78, 5) is 17.2. The molecule has 2 aliphatic rings. The van der Waals surface area contributed by atoms with Crippen molar-refractivity contribution in [2.24, 2.45) is 0 Å². The average Bonchev–Trinajstić information content (AvgIpc) is 3.09. The summed E-state index contributed by atoms with van der Waals surface area (Å²) < 4.78 is 14.1. The van der Waals surface area contributed by atoms with Crippen LogP contribution in [-0.4, -0.2) is 30.0 Å². The van der Waals surface area contributed by atoms with Crippen LogP contribution in [0.25, 0.3) is 11.3 Å². The highest BCUT2D eigenvalue weighted by atomic mass is 19.1. The van der Waals surface area contributed by atoms with Gasteiger partial charge in [-0.15, -0.1) is 0 Å².